The van der Waals surface area contributed by atoms with Gasteiger partial charge in [-0.1, -0.05) is 83.1 Å². The predicted octanol–water partition coefficient (Wildman–Crippen LogP) is 6.34. The molecule has 154 valence electrons. The Hall–Kier alpha value is -2.80. The zero-order valence-electron chi connectivity index (χ0n) is 18.4. The van der Waals surface area contributed by atoms with Crippen LogP contribution in [0.2, 0.25) is 0 Å². The van der Waals surface area contributed by atoms with Crippen molar-refractivity contribution in [2.45, 2.75) is 71.8 Å². The average molecular weight is 393 g/mol. The van der Waals surface area contributed by atoms with E-state index >= 15 is 0 Å². The van der Waals surface area contributed by atoms with Crippen LogP contribution in [0.4, 0.5) is 0 Å². The third-order valence-electron chi connectivity index (χ3n) is 6.12. The van der Waals surface area contributed by atoms with E-state index in [2.05, 4.69) is 64.9 Å². The van der Waals surface area contributed by atoms with Gasteiger partial charge in [0.2, 0.25) is 0 Å². The van der Waals surface area contributed by atoms with E-state index in [1.165, 1.54) is 11.1 Å². The molecule has 0 heterocycles. The third-order valence-corrected chi connectivity index (χ3v) is 6.12. The largest absolute Gasteiger partial charge is 0.489 e. The summed E-state index contributed by atoms with van der Waals surface area (Å²) in [5.74, 6) is 0.849. The molecule has 0 radical (unpaired) electrons. The summed E-state index contributed by atoms with van der Waals surface area (Å²) in [6.07, 6.45) is 2.05. The highest BCUT2D eigenvalue weighted by molar-refractivity contribution is 6.12. The van der Waals surface area contributed by atoms with Crippen LogP contribution in [0.5, 0.6) is 5.75 Å². The van der Waals surface area contributed by atoms with Gasteiger partial charge in [-0.25, -0.2) is 0 Å². The zero-order valence-corrected chi connectivity index (χ0v) is 18.4. The zero-order chi connectivity index (χ0) is 21.7. The summed E-state index contributed by atoms with van der Waals surface area (Å²) in [4.78, 5) is 0. The Morgan fingerprint density at radius 3 is 2.28 bits per heavy atom. The van der Waals surface area contributed by atoms with E-state index in [0.29, 0.717) is 12.2 Å². The van der Waals surface area contributed by atoms with Crippen LogP contribution >= 0.6 is 0 Å². The van der Waals surface area contributed by atoms with E-state index in [4.69, 9.17) is 9.94 Å². The molecule has 0 aliphatic heterocycles. The van der Waals surface area contributed by atoms with Crippen molar-refractivity contribution in [1.29, 1.82) is 5.26 Å². The van der Waals surface area contributed by atoms with Gasteiger partial charge in [0.15, 0.2) is 5.71 Å². The van der Waals surface area contributed by atoms with Gasteiger partial charge in [-0.15, -0.1) is 0 Å². The topological polar surface area (TPSA) is 65.6 Å². The average Bonchev–Trinajstić information content (AvgIpc) is 2.73. The number of oxime groups is 1. The molecule has 0 amide bonds. The molecule has 0 aliphatic carbocycles. The number of ether oxygens (including phenoxy) is 1. The standard InChI is InChI=1S/C25H32N2O2/c1-7-24(3,4)19-13-14-23(21(15-19)25(5,6)8-2)29-17-18-11-9-10-12-20(18)22(16-26)27-28/h9-15,28H,7-8,17H2,1-6H3. The fraction of sp³-hybridized carbons (Fsp3) is 0.440. The fourth-order valence-corrected chi connectivity index (χ4v) is 3.17. The lowest BCUT2D eigenvalue weighted by Crippen LogP contribution is -2.21. The van der Waals surface area contributed by atoms with Crippen LogP contribution in [0.1, 0.15) is 76.6 Å². The van der Waals surface area contributed by atoms with Crippen LogP contribution in [-0.4, -0.2) is 10.9 Å². The Morgan fingerprint density at radius 2 is 1.69 bits per heavy atom. The molecule has 4 nitrogen and oxygen atoms in total. The van der Waals surface area contributed by atoms with Crippen molar-refractivity contribution in [3.8, 4) is 11.8 Å². The van der Waals surface area contributed by atoms with Crippen molar-refractivity contribution >= 4 is 5.71 Å². The Morgan fingerprint density at radius 1 is 1.03 bits per heavy atom. The molecule has 4 heteroatoms. The van der Waals surface area contributed by atoms with Crippen molar-refractivity contribution in [2.75, 3.05) is 0 Å². The van der Waals surface area contributed by atoms with E-state index in [9.17, 15) is 5.26 Å². The first-order chi connectivity index (χ1) is 13.7. The summed E-state index contributed by atoms with van der Waals surface area (Å²) in [7, 11) is 0. The lowest BCUT2D eigenvalue weighted by atomic mass is 9.76. The molecule has 0 aliphatic rings. The Kier molecular flexibility index (Phi) is 7.08. The molecular formula is C25H32N2O2. The van der Waals surface area contributed by atoms with Gasteiger partial charge < -0.3 is 9.94 Å². The molecular weight excluding hydrogens is 360 g/mol. The lowest BCUT2D eigenvalue weighted by molar-refractivity contribution is 0.294. The molecule has 1 N–H and O–H groups in total. The number of nitriles is 1. The first-order valence-electron chi connectivity index (χ1n) is 10.2. The fourth-order valence-electron chi connectivity index (χ4n) is 3.17. The van der Waals surface area contributed by atoms with E-state index in [-0.39, 0.29) is 16.5 Å². The maximum atomic E-state index is 9.22. The van der Waals surface area contributed by atoms with Gasteiger partial charge in [-0.05, 0) is 40.9 Å². The predicted molar refractivity (Wildman–Crippen MR) is 118 cm³/mol. The quantitative estimate of drug-likeness (QED) is 0.324. The molecule has 2 aromatic carbocycles. The van der Waals surface area contributed by atoms with Crippen LogP contribution in [0.15, 0.2) is 47.6 Å². The van der Waals surface area contributed by atoms with Gasteiger partial charge >= 0.3 is 0 Å². The summed E-state index contributed by atoms with van der Waals surface area (Å²) in [5.41, 5.74) is 3.94. The number of benzene rings is 2. The normalized spacial score (nSPS) is 12.5. The van der Waals surface area contributed by atoms with Crippen molar-refractivity contribution in [1.82, 2.24) is 0 Å². The Balaban J connectivity index is 2.43. The van der Waals surface area contributed by atoms with E-state index in [1.807, 2.05) is 24.3 Å². The van der Waals surface area contributed by atoms with E-state index in [1.54, 1.807) is 6.07 Å². The van der Waals surface area contributed by atoms with Crippen LogP contribution in [0.25, 0.3) is 0 Å². The monoisotopic (exact) mass is 392 g/mol. The molecule has 0 saturated carbocycles. The maximum absolute atomic E-state index is 9.22. The van der Waals surface area contributed by atoms with Gasteiger partial charge in [0, 0.05) is 11.1 Å². The summed E-state index contributed by atoms with van der Waals surface area (Å²) >= 11 is 0. The van der Waals surface area contributed by atoms with Crippen LogP contribution in [0, 0.1) is 11.3 Å². The second-order valence-corrected chi connectivity index (χ2v) is 8.69. The summed E-state index contributed by atoms with van der Waals surface area (Å²) in [6, 6.07) is 15.8. The van der Waals surface area contributed by atoms with Gasteiger partial charge in [0.25, 0.3) is 0 Å². The number of hydrogen-bond acceptors (Lipinski definition) is 4. The lowest BCUT2D eigenvalue weighted by Gasteiger charge is -2.30. The molecule has 0 atom stereocenters. The summed E-state index contributed by atoms with van der Waals surface area (Å²) in [6.45, 7) is 13.7. The van der Waals surface area contributed by atoms with Gasteiger partial charge in [-0.2, -0.15) is 5.26 Å². The smallest absolute Gasteiger partial charge is 0.187 e. The van der Waals surface area contributed by atoms with Gasteiger partial charge in [0.1, 0.15) is 18.4 Å². The minimum atomic E-state index is -0.0287. The molecule has 0 spiro atoms. The minimum Gasteiger partial charge on any atom is -0.489 e. The van der Waals surface area contributed by atoms with Crippen molar-refractivity contribution in [2.24, 2.45) is 5.16 Å². The molecule has 2 rings (SSSR count). The maximum Gasteiger partial charge on any atom is 0.187 e. The molecule has 0 unspecified atom stereocenters. The van der Waals surface area contributed by atoms with Crippen LogP contribution in [-0.2, 0) is 17.4 Å². The van der Waals surface area contributed by atoms with Crippen molar-refractivity contribution < 1.29 is 9.94 Å². The number of nitrogens with zero attached hydrogens (tertiary/aromatic N) is 2. The Labute approximate surface area is 174 Å². The molecule has 29 heavy (non-hydrogen) atoms. The minimum absolute atomic E-state index is 0.0154. The van der Waals surface area contributed by atoms with Crippen molar-refractivity contribution in [3.63, 3.8) is 0 Å². The highest BCUT2D eigenvalue weighted by atomic mass is 16.5. The van der Waals surface area contributed by atoms with Crippen LogP contribution < -0.4 is 4.74 Å². The molecule has 0 fully saturated rings. The highest BCUT2D eigenvalue weighted by Gasteiger charge is 2.26. The number of rotatable bonds is 8. The van der Waals surface area contributed by atoms with E-state index in [0.717, 1.165) is 24.2 Å². The molecule has 0 bridgehead atoms. The first-order valence-corrected chi connectivity index (χ1v) is 10.2. The first kappa shape index (κ1) is 22.5. The van der Waals surface area contributed by atoms with E-state index < -0.39 is 0 Å². The number of hydrogen-bond donors (Lipinski definition) is 1. The molecule has 0 aromatic heterocycles. The second kappa shape index (κ2) is 9.13. The van der Waals surface area contributed by atoms with Gasteiger partial charge in [0.05, 0.1) is 0 Å². The summed E-state index contributed by atoms with van der Waals surface area (Å²) in [5, 5.41) is 21.5. The van der Waals surface area contributed by atoms with Gasteiger partial charge in [-0.3, -0.25) is 0 Å². The molecule has 2 aromatic rings. The SMILES string of the molecule is CCC(C)(C)c1ccc(OCc2ccccc2C(C#N)=NO)c(C(C)(C)CC)c1. The summed E-state index contributed by atoms with van der Waals surface area (Å²) < 4.78 is 6.25. The molecule has 0 saturated heterocycles. The highest BCUT2D eigenvalue weighted by Crippen LogP contribution is 2.38. The Bertz CT molecular complexity index is 921. The second-order valence-electron chi connectivity index (χ2n) is 8.69. The van der Waals surface area contributed by atoms with Crippen LogP contribution in [0.3, 0.4) is 0 Å². The third kappa shape index (κ3) is 4.98. The van der Waals surface area contributed by atoms with Crippen molar-refractivity contribution in [3.05, 3.63) is 64.7 Å².